The number of ether oxygens (including phenoxy) is 2. The van der Waals surface area contributed by atoms with Crippen molar-refractivity contribution in [2.24, 2.45) is 56.7 Å². The first-order chi connectivity index (χ1) is 23.3. The number of carboxylic acids is 1. The van der Waals surface area contributed by atoms with Crippen LogP contribution in [0.5, 0.6) is 0 Å². The molecule has 11 nitrogen and oxygen atoms in total. The fourth-order valence-corrected chi connectivity index (χ4v) is 13.6. The van der Waals surface area contributed by atoms with Crippen molar-refractivity contribution in [1.82, 2.24) is 5.06 Å². The minimum Gasteiger partial charge on any atom is -0.481 e. The molecule has 6 rings (SSSR count). The van der Waals surface area contributed by atoms with Gasteiger partial charge in [-0.1, -0.05) is 46.8 Å². The van der Waals surface area contributed by atoms with Gasteiger partial charge in [-0.3, -0.25) is 14.4 Å². The predicted molar refractivity (Wildman–Crippen MR) is 184 cm³/mol. The minimum absolute atomic E-state index is 0.0348. The number of carbonyl (C=O) groups is 2. The standard InChI is InChI=1S/C39H63NO10/c1-21(2)22-11-16-39(34(46)47)18-17-37(6)23(29(22)39)9-10-26-36(5)14-13-27(35(3,4)25(36)12-15-38(26,37)7)50-28(42)19-40(48-8)33-32(45)31(44)30(43)24(20-41)49-33/h22-27,29-33,41,43-45H,1,9-20H2,2-8H3,(H,46,47)/t22-,23+,24-,25-,26+,27-,29+,30-,31-,32-,33-,36-,37+,38+,39-/m0/s1. The van der Waals surface area contributed by atoms with Crippen LogP contribution in [-0.2, 0) is 23.9 Å². The highest BCUT2D eigenvalue weighted by atomic mass is 16.7. The Bertz CT molecular complexity index is 1340. The maximum Gasteiger partial charge on any atom is 0.323 e. The van der Waals surface area contributed by atoms with Gasteiger partial charge in [0.25, 0.3) is 0 Å². The molecule has 0 aromatic carbocycles. The van der Waals surface area contributed by atoms with Crippen LogP contribution in [0.25, 0.3) is 0 Å². The Balaban J connectivity index is 1.19. The Labute approximate surface area is 297 Å². The summed E-state index contributed by atoms with van der Waals surface area (Å²) in [5.41, 5.74) is 0.327. The molecule has 0 radical (unpaired) electrons. The van der Waals surface area contributed by atoms with Crippen molar-refractivity contribution in [3.05, 3.63) is 12.2 Å². The van der Waals surface area contributed by atoms with E-state index >= 15 is 0 Å². The molecule has 6 aliphatic rings. The van der Waals surface area contributed by atoms with Gasteiger partial charge in [-0.25, -0.2) is 0 Å². The molecule has 0 amide bonds. The molecular formula is C39H63NO10. The van der Waals surface area contributed by atoms with Crippen LogP contribution < -0.4 is 0 Å². The first-order valence-electron chi connectivity index (χ1n) is 19.0. The molecule has 0 bridgehead atoms. The number of aliphatic hydroxyl groups is 4. The van der Waals surface area contributed by atoms with Crippen LogP contribution in [0, 0.1) is 56.7 Å². The van der Waals surface area contributed by atoms with Gasteiger partial charge in [-0.05, 0) is 117 Å². The molecule has 5 aliphatic carbocycles. The Morgan fingerprint density at radius 3 is 2.18 bits per heavy atom. The van der Waals surface area contributed by atoms with E-state index < -0.39 is 54.6 Å². The number of esters is 1. The second-order valence-electron chi connectivity index (χ2n) is 18.5. The number of rotatable bonds is 8. The number of hydrogen-bond acceptors (Lipinski definition) is 10. The summed E-state index contributed by atoms with van der Waals surface area (Å²) in [5, 5.41) is 52.4. The summed E-state index contributed by atoms with van der Waals surface area (Å²) >= 11 is 0. The van der Waals surface area contributed by atoms with E-state index in [9.17, 15) is 35.1 Å². The summed E-state index contributed by atoms with van der Waals surface area (Å²) < 4.78 is 11.8. The smallest absolute Gasteiger partial charge is 0.323 e. The number of nitrogens with zero attached hydrogens (tertiary/aromatic N) is 1. The fraction of sp³-hybridized carbons (Fsp3) is 0.897. The summed E-state index contributed by atoms with van der Waals surface area (Å²) in [5.74, 6) is 0.404. The molecule has 15 atom stereocenters. The quantitative estimate of drug-likeness (QED) is 0.139. The summed E-state index contributed by atoms with van der Waals surface area (Å²) in [6.45, 7) is 17.5. The zero-order valence-electron chi connectivity index (χ0n) is 31.3. The van der Waals surface area contributed by atoms with E-state index in [0.717, 1.165) is 68.4 Å². The van der Waals surface area contributed by atoms with Crippen LogP contribution in [0.1, 0.15) is 106 Å². The van der Waals surface area contributed by atoms with Gasteiger partial charge in [-0.2, -0.15) is 0 Å². The van der Waals surface area contributed by atoms with Crippen molar-refractivity contribution in [1.29, 1.82) is 0 Å². The number of hydrogen-bond donors (Lipinski definition) is 5. The molecule has 11 heteroatoms. The number of aliphatic hydroxyl groups excluding tert-OH is 4. The van der Waals surface area contributed by atoms with Gasteiger partial charge < -0.3 is 35.0 Å². The first-order valence-corrected chi connectivity index (χ1v) is 19.0. The highest BCUT2D eigenvalue weighted by Crippen LogP contribution is 2.77. The fourth-order valence-electron chi connectivity index (χ4n) is 13.6. The molecule has 0 spiro atoms. The lowest BCUT2D eigenvalue weighted by Gasteiger charge is -2.72. The normalized spacial score (nSPS) is 49.6. The van der Waals surface area contributed by atoms with Crippen LogP contribution in [-0.4, -0.2) is 99.5 Å². The molecule has 0 unspecified atom stereocenters. The van der Waals surface area contributed by atoms with Gasteiger partial charge in [-0.15, -0.1) is 5.06 Å². The van der Waals surface area contributed by atoms with Gasteiger partial charge in [0.1, 0.15) is 37.1 Å². The van der Waals surface area contributed by atoms with Crippen LogP contribution >= 0.6 is 0 Å². The van der Waals surface area contributed by atoms with Crippen molar-refractivity contribution in [3.8, 4) is 0 Å². The molecule has 1 aliphatic heterocycles. The monoisotopic (exact) mass is 705 g/mol. The minimum atomic E-state index is -1.59. The van der Waals surface area contributed by atoms with E-state index in [1.807, 2.05) is 0 Å². The van der Waals surface area contributed by atoms with E-state index in [1.54, 1.807) is 0 Å². The molecule has 0 aromatic heterocycles. The highest BCUT2D eigenvalue weighted by Gasteiger charge is 2.72. The van der Waals surface area contributed by atoms with Gasteiger partial charge in [0.15, 0.2) is 6.23 Å². The average Bonchev–Trinajstić information content (AvgIpc) is 3.46. The number of fused-ring (bicyclic) bond motifs is 7. The third-order valence-electron chi connectivity index (χ3n) is 16.4. The molecule has 0 aromatic rings. The molecule has 1 heterocycles. The van der Waals surface area contributed by atoms with Gasteiger partial charge in [0.2, 0.25) is 0 Å². The van der Waals surface area contributed by atoms with Gasteiger partial charge >= 0.3 is 11.9 Å². The van der Waals surface area contributed by atoms with Gasteiger partial charge in [0, 0.05) is 5.41 Å². The third kappa shape index (κ3) is 5.37. The molecule has 6 fully saturated rings. The molecule has 5 N–H and O–H groups in total. The van der Waals surface area contributed by atoms with Crippen LogP contribution in [0.4, 0.5) is 0 Å². The Morgan fingerprint density at radius 1 is 0.860 bits per heavy atom. The average molecular weight is 706 g/mol. The summed E-state index contributed by atoms with van der Waals surface area (Å²) in [7, 11) is 1.32. The van der Waals surface area contributed by atoms with Crippen molar-refractivity contribution in [3.63, 3.8) is 0 Å². The number of allylic oxidation sites excluding steroid dienone is 1. The first kappa shape index (κ1) is 38.1. The molecule has 5 saturated carbocycles. The number of carboxylic acid groups (broad SMARTS) is 1. The Kier molecular flexibility index (Phi) is 9.96. The summed E-state index contributed by atoms with van der Waals surface area (Å²) in [6.07, 6.45) is 1.79. The predicted octanol–water partition coefficient (Wildman–Crippen LogP) is 4.30. The van der Waals surface area contributed by atoms with Gasteiger partial charge in [0.05, 0.1) is 19.1 Å². The zero-order chi connectivity index (χ0) is 36.8. The van der Waals surface area contributed by atoms with E-state index in [2.05, 4.69) is 48.1 Å². The maximum absolute atomic E-state index is 13.5. The Morgan fingerprint density at radius 2 is 1.56 bits per heavy atom. The largest absolute Gasteiger partial charge is 0.481 e. The van der Waals surface area contributed by atoms with E-state index in [1.165, 1.54) is 7.11 Å². The molecule has 1 saturated heterocycles. The van der Waals surface area contributed by atoms with Crippen molar-refractivity contribution >= 4 is 11.9 Å². The topological polar surface area (TPSA) is 166 Å². The molecular weight excluding hydrogens is 642 g/mol. The summed E-state index contributed by atoms with van der Waals surface area (Å²) in [6, 6.07) is 0. The number of carbonyl (C=O) groups excluding carboxylic acids is 1. The Hall–Kier alpha value is -1.60. The zero-order valence-corrected chi connectivity index (χ0v) is 31.3. The van der Waals surface area contributed by atoms with Crippen LogP contribution in [0.15, 0.2) is 12.2 Å². The lowest BCUT2D eigenvalue weighted by molar-refractivity contribution is -0.327. The van der Waals surface area contributed by atoms with E-state index in [4.69, 9.17) is 14.3 Å². The van der Waals surface area contributed by atoms with E-state index in [0.29, 0.717) is 24.2 Å². The number of aliphatic carboxylic acids is 1. The van der Waals surface area contributed by atoms with Crippen molar-refractivity contribution in [2.75, 3.05) is 20.3 Å². The maximum atomic E-state index is 13.5. The third-order valence-corrected chi connectivity index (χ3v) is 16.4. The molecule has 50 heavy (non-hydrogen) atoms. The van der Waals surface area contributed by atoms with Crippen LogP contribution in [0.2, 0.25) is 0 Å². The van der Waals surface area contributed by atoms with Crippen LogP contribution in [0.3, 0.4) is 0 Å². The highest BCUT2D eigenvalue weighted by molar-refractivity contribution is 5.76. The lowest BCUT2D eigenvalue weighted by Crippen LogP contribution is -2.67. The second-order valence-corrected chi connectivity index (χ2v) is 18.5. The molecule has 284 valence electrons. The SMILES string of the molecule is C=C(C)[C@@H]1CC[C@]2(C(=O)O)CC[C@]3(C)[C@H](CC[C@@H]4[C@@]5(C)CC[C@H](OC(=O)CN(OC)[C@H]6O[C@@H](CO)[C@H](O)[C@H](O)[C@@H]6O)C(C)(C)[C@@H]5CC[C@]43C)[C@@H]12. The van der Waals surface area contributed by atoms with Crippen molar-refractivity contribution < 1.29 is 49.4 Å². The summed E-state index contributed by atoms with van der Waals surface area (Å²) in [4.78, 5) is 31.8. The van der Waals surface area contributed by atoms with E-state index in [-0.39, 0.29) is 46.1 Å². The lowest BCUT2D eigenvalue weighted by atomic mass is 9.32. The van der Waals surface area contributed by atoms with Crippen molar-refractivity contribution in [2.45, 2.75) is 142 Å². The number of hydroxylamine groups is 2. The second kappa shape index (κ2) is 13.1.